The van der Waals surface area contributed by atoms with Gasteiger partial charge in [0.25, 0.3) is 0 Å². The first-order valence-electron chi connectivity index (χ1n) is 8.49. The Morgan fingerprint density at radius 3 is 2.58 bits per heavy atom. The van der Waals surface area contributed by atoms with E-state index < -0.39 is 0 Å². The molecule has 0 aromatic heterocycles. The van der Waals surface area contributed by atoms with Gasteiger partial charge in [0.05, 0.1) is 6.10 Å². The lowest BCUT2D eigenvalue weighted by atomic mass is 9.79. The zero-order chi connectivity index (χ0) is 13.1. The molecule has 1 aliphatic heterocycles. The number of rotatable bonds is 4. The predicted molar refractivity (Wildman–Crippen MR) is 78.1 cm³/mol. The van der Waals surface area contributed by atoms with Crippen LogP contribution in [0, 0.1) is 11.8 Å². The van der Waals surface area contributed by atoms with Crippen LogP contribution in [0.1, 0.15) is 57.8 Å². The van der Waals surface area contributed by atoms with Gasteiger partial charge in [0.2, 0.25) is 0 Å². The van der Waals surface area contributed by atoms with Crippen LogP contribution in [0.3, 0.4) is 0 Å². The van der Waals surface area contributed by atoms with Gasteiger partial charge in [-0.05, 0) is 56.9 Å². The molecule has 3 nitrogen and oxygen atoms in total. The van der Waals surface area contributed by atoms with Crippen molar-refractivity contribution in [1.29, 1.82) is 0 Å². The zero-order valence-corrected chi connectivity index (χ0v) is 12.1. The fourth-order valence-corrected chi connectivity index (χ4v) is 4.53. The maximum absolute atomic E-state index is 9.94. The maximum Gasteiger partial charge on any atom is 0.0580 e. The quantitative estimate of drug-likeness (QED) is 0.730. The lowest BCUT2D eigenvalue weighted by molar-refractivity contribution is 0.122. The molecule has 3 aliphatic rings. The van der Waals surface area contributed by atoms with Crippen LogP contribution in [0.5, 0.6) is 0 Å². The Balaban J connectivity index is 1.51. The van der Waals surface area contributed by atoms with E-state index in [0.717, 1.165) is 24.9 Å². The number of hydrogen-bond donors (Lipinski definition) is 3. The third-order valence-corrected chi connectivity index (χ3v) is 5.70. The van der Waals surface area contributed by atoms with E-state index >= 15 is 0 Å². The highest BCUT2D eigenvalue weighted by molar-refractivity contribution is 4.92. The normalized spacial score (nSPS) is 43.7. The minimum absolute atomic E-state index is 0.0425. The molecule has 0 aromatic carbocycles. The molecule has 0 radical (unpaired) electrons. The van der Waals surface area contributed by atoms with Crippen LogP contribution < -0.4 is 10.6 Å². The SMILES string of the molecule is OC1CCCC1CNC1CCCCC1C1CCCN1. The topological polar surface area (TPSA) is 44.3 Å². The number of aliphatic hydroxyl groups is 1. The van der Waals surface area contributed by atoms with Crippen molar-refractivity contribution in [1.82, 2.24) is 10.6 Å². The molecule has 2 saturated carbocycles. The van der Waals surface area contributed by atoms with Crippen LogP contribution in [0.15, 0.2) is 0 Å². The second kappa shape index (κ2) is 6.55. The molecular formula is C16H30N2O. The van der Waals surface area contributed by atoms with Crippen molar-refractivity contribution in [3.05, 3.63) is 0 Å². The van der Waals surface area contributed by atoms with Crippen molar-refractivity contribution < 1.29 is 5.11 Å². The zero-order valence-electron chi connectivity index (χ0n) is 12.1. The molecule has 3 fully saturated rings. The third kappa shape index (κ3) is 3.32. The summed E-state index contributed by atoms with van der Waals surface area (Å²) in [5.74, 6) is 1.34. The minimum atomic E-state index is -0.0425. The first-order valence-corrected chi connectivity index (χ1v) is 8.49. The van der Waals surface area contributed by atoms with Crippen molar-refractivity contribution in [3.63, 3.8) is 0 Å². The van der Waals surface area contributed by atoms with E-state index in [1.54, 1.807) is 0 Å². The molecule has 2 aliphatic carbocycles. The van der Waals surface area contributed by atoms with E-state index in [4.69, 9.17) is 0 Å². The molecule has 3 N–H and O–H groups in total. The Morgan fingerprint density at radius 2 is 1.84 bits per heavy atom. The first kappa shape index (κ1) is 13.8. The Hall–Kier alpha value is -0.120. The largest absolute Gasteiger partial charge is 0.393 e. The van der Waals surface area contributed by atoms with E-state index in [1.165, 1.54) is 57.9 Å². The van der Waals surface area contributed by atoms with Gasteiger partial charge in [-0.25, -0.2) is 0 Å². The predicted octanol–water partition coefficient (Wildman–Crippen LogP) is 2.05. The van der Waals surface area contributed by atoms with E-state index in [2.05, 4.69) is 10.6 Å². The molecule has 5 atom stereocenters. The summed E-state index contributed by atoms with van der Waals surface area (Å²) in [6.45, 7) is 2.25. The van der Waals surface area contributed by atoms with Crippen LogP contribution in [0.25, 0.3) is 0 Å². The van der Waals surface area contributed by atoms with Crippen LogP contribution in [-0.4, -0.2) is 36.4 Å². The second-order valence-electron chi connectivity index (χ2n) is 6.92. The van der Waals surface area contributed by atoms with Gasteiger partial charge in [-0.15, -0.1) is 0 Å². The summed E-state index contributed by atoms with van der Waals surface area (Å²) in [7, 11) is 0. The molecule has 3 heteroatoms. The van der Waals surface area contributed by atoms with Crippen molar-refractivity contribution in [2.75, 3.05) is 13.1 Å². The minimum Gasteiger partial charge on any atom is -0.393 e. The van der Waals surface area contributed by atoms with Gasteiger partial charge in [-0.1, -0.05) is 19.3 Å². The summed E-state index contributed by atoms with van der Waals surface area (Å²) in [4.78, 5) is 0. The molecule has 0 bridgehead atoms. The van der Waals surface area contributed by atoms with Crippen molar-refractivity contribution >= 4 is 0 Å². The standard InChI is InChI=1S/C16H30N2O/c19-16-9-3-5-12(16)11-18-15-7-2-1-6-13(15)14-8-4-10-17-14/h12-19H,1-11H2. The molecule has 0 amide bonds. The van der Waals surface area contributed by atoms with Gasteiger partial charge in [0.1, 0.15) is 0 Å². The first-order chi connectivity index (χ1) is 9.34. The van der Waals surface area contributed by atoms with Crippen LogP contribution in [0.2, 0.25) is 0 Å². The highest BCUT2D eigenvalue weighted by atomic mass is 16.3. The Bertz CT molecular complexity index is 278. The average molecular weight is 266 g/mol. The fraction of sp³-hybridized carbons (Fsp3) is 1.00. The van der Waals surface area contributed by atoms with E-state index in [0.29, 0.717) is 12.0 Å². The number of aliphatic hydroxyl groups excluding tert-OH is 1. The van der Waals surface area contributed by atoms with Gasteiger partial charge in [-0.3, -0.25) is 0 Å². The summed E-state index contributed by atoms with van der Waals surface area (Å²) in [5, 5.41) is 17.5. The fourth-order valence-electron chi connectivity index (χ4n) is 4.53. The van der Waals surface area contributed by atoms with Crippen LogP contribution >= 0.6 is 0 Å². The van der Waals surface area contributed by atoms with Gasteiger partial charge >= 0.3 is 0 Å². The lowest BCUT2D eigenvalue weighted by Gasteiger charge is -2.37. The molecule has 0 spiro atoms. The van der Waals surface area contributed by atoms with Crippen LogP contribution in [-0.2, 0) is 0 Å². The molecule has 1 heterocycles. The molecule has 110 valence electrons. The summed E-state index contributed by atoms with van der Waals surface area (Å²) in [6.07, 6.45) is 11.7. The Labute approximate surface area is 117 Å². The number of nitrogens with one attached hydrogen (secondary N) is 2. The summed E-state index contributed by atoms with van der Waals surface area (Å²) in [5.41, 5.74) is 0. The van der Waals surface area contributed by atoms with Gasteiger partial charge < -0.3 is 15.7 Å². The van der Waals surface area contributed by atoms with Crippen LogP contribution in [0.4, 0.5) is 0 Å². The summed E-state index contributed by atoms with van der Waals surface area (Å²) in [6, 6.07) is 1.45. The highest BCUT2D eigenvalue weighted by Crippen LogP contribution is 2.31. The molecule has 3 rings (SSSR count). The summed E-state index contributed by atoms with van der Waals surface area (Å²) < 4.78 is 0. The average Bonchev–Trinajstić information content (AvgIpc) is 3.08. The third-order valence-electron chi connectivity index (χ3n) is 5.70. The molecule has 5 unspecified atom stereocenters. The smallest absolute Gasteiger partial charge is 0.0580 e. The molecular weight excluding hydrogens is 236 g/mol. The van der Waals surface area contributed by atoms with E-state index in [9.17, 15) is 5.11 Å². The Morgan fingerprint density at radius 1 is 0.947 bits per heavy atom. The van der Waals surface area contributed by atoms with Gasteiger partial charge in [-0.2, -0.15) is 0 Å². The molecule has 0 aromatic rings. The Kier molecular flexibility index (Phi) is 4.78. The van der Waals surface area contributed by atoms with E-state index in [1.807, 2.05) is 0 Å². The van der Waals surface area contributed by atoms with Gasteiger partial charge in [0, 0.05) is 18.6 Å². The molecule has 1 saturated heterocycles. The maximum atomic E-state index is 9.94. The van der Waals surface area contributed by atoms with E-state index in [-0.39, 0.29) is 6.10 Å². The van der Waals surface area contributed by atoms with Gasteiger partial charge in [0.15, 0.2) is 0 Å². The van der Waals surface area contributed by atoms with Crippen molar-refractivity contribution in [2.24, 2.45) is 11.8 Å². The summed E-state index contributed by atoms with van der Waals surface area (Å²) >= 11 is 0. The van der Waals surface area contributed by atoms with Crippen molar-refractivity contribution in [2.45, 2.75) is 76.0 Å². The lowest BCUT2D eigenvalue weighted by Crippen LogP contribution is -2.48. The molecule has 19 heavy (non-hydrogen) atoms. The van der Waals surface area contributed by atoms with Crippen molar-refractivity contribution in [3.8, 4) is 0 Å². The number of hydrogen-bond acceptors (Lipinski definition) is 3. The monoisotopic (exact) mass is 266 g/mol. The second-order valence-corrected chi connectivity index (χ2v) is 6.92. The highest BCUT2D eigenvalue weighted by Gasteiger charge is 2.34.